The van der Waals surface area contributed by atoms with Crippen molar-refractivity contribution >= 4 is 18.0 Å². The molecule has 0 saturated heterocycles. The quantitative estimate of drug-likeness (QED) is 0.474. The van der Waals surface area contributed by atoms with Gasteiger partial charge in [-0.1, -0.05) is 6.07 Å². The fraction of sp³-hybridized carbons (Fsp3) is 0.375. The third-order valence-corrected chi connectivity index (χ3v) is 2.59. The lowest BCUT2D eigenvalue weighted by molar-refractivity contribution is -0.143. The second-order valence-electron chi connectivity index (χ2n) is 4.66. The van der Waals surface area contributed by atoms with Gasteiger partial charge in [0.1, 0.15) is 11.3 Å². The Morgan fingerprint density at radius 3 is 2.50 bits per heavy atom. The second-order valence-corrected chi connectivity index (χ2v) is 4.66. The van der Waals surface area contributed by atoms with Crippen LogP contribution in [-0.2, 0) is 14.3 Å². The van der Waals surface area contributed by atoms with Gasteiger partial charge in [-0.2, -0.15) is 0 Å². The van der Waals surface area contributed by atoms with Crippen molar-refractivity contribution in [1.82, 2.24) is 0 Å². The molecule has 1 rings (SSSR count). The molecule has 1 N–H and O–H groups in total. The number of methoxy groups -OCH3 is 1. The predicted octanol–water partition coefficient (Wildman–Crippen LogP) is 2.72. The van der Waals surface area contributed by atoms with E-state index in [-0.39, 0.29) is 29.8 Å². The van der Waals surface area contributed by atoms with Gasteiger partial charge in [-0.25, -0.2) is 9.59 Å². The Morgan fingerprint density at radius 2 is 2.00 bits per heavy atom. The van der Waals surface area contributed by atoms with Crippen LogP contribution < -0.4 is 4.74 Å². The van der Waals surface area contributed by atoms with Crippen molar-refractivity contribution in [3.63, 3.8) is 0 Å². The molecule has 0 aliphatic rings. The number of carboxylic acid groups (broad SMARTS) is 1. The van der Waals surface area contributed by atoms with Crippen molar-refractivity contribution < 1.29 is 28.9 Å². The molecule has 0 radical (unpaired) electrons. The fourth-order valence-corrected chi connectivity index (χ4v) is 1.73. The van der Waals surface area contributed by atoms with Crippen LogP contribution in [0.15, 0.2) is 24.0 Å². The zero-order valence-corrected chi connectivity index (χ0v) is 13.1. The van der Waals surface area contributed by atoms with Gasteiger partial charge in [-0.15, -0.1) is 0 Å². The van der Waals surface area contributed by atoms with E-state index in [2.05, 4.69) is 0 Å². The van der Waals surface area contributed by atoms with E-state index in [9.17, 15) is 14.7 Å². The molecule has 0 bridgehead atoms. The molecule has 0 heterocycles. The first-order valence-electron chi connectivity index (χ1n) is 6.85. The summed E-state index contributed by atoms with van der Waals surface area (Å²) in [4.78, 5) is 23.1. The van der Waals surface area contributed by atoms with Gasteiger partial charge < -0.3 is 19.3 Å². The minimum absolute atomic E-state index is 0.00371. The Morgan fingerprint density at radius 1 is 1.32 bits per heavy atom. The van der Waals surface area contributed by atoms with Crippen LogP contribution in [-0.4, -0.2) is 36.9 Å². The summed E-state index contributed by atoms with van der Waals surface area (Å²) < 4.78 is 15.4. The summed E-state index contributed by atoms with van der Waals surface area (Å²) in [5, 5.41) is 9.17. The highest BCUT2D eigenvalue weighted by Crippen LogP contribution is 2.22. The summed E-state index contributed by atoms with van der Waals surface area (Å²) in [6.45, 7) is 5.48. The molecule has 0 aromatic heterocycles. The molecule has 0 atom stereocenters. The maximum absolute atomic E-state index is 11.9. The van der Waals surface area contributed by atoms with Crippen LogP contribution in [0.2, 0.25) is 0 Å². The number of esters is 1. The summed E-state index contributed by atoms with van der Waals surface area (Å²) in [6.07, 6.45) is 1.23. The molecule has 22 heavy (non-hydrogen) atoms. The van der Waals surface area contributed by atoms with E-state index in [0.717, 1.165) is 0 Å². The van der Waals surface area contributed by atoms with Crippen LogP contribution in [0, 0.1) is 0 Å². The van der Waals surface area contributed by atoms with Gasteiger partial charge in [0.25, 0.3) is 0 Å². The van der Waals surface area contributed by atoms with Crippen LogP contribution in [0.3, 0.4) is 0 Å². The van der Waals surface area contributed by atoms with Gasteiger partial charge in [0.2, 0.25) is 5.76 Å². The van der Waals surface area contributed by atoms with Gasteiger partial charge >= 0.3 is 11.9 Å². The number of carboxylic acids is 1. The van der Waals surface area contributed by atoms with Gasteiger partial charge in [0.15, 0.2) is 0 Å². The number of hydrogen-bond donors (Lipinski definition) is 1. The zero-order valence-electron chi connectivity index (χ0n) is 13.1. The zero-order chi connectivity index (χ0) is 16.7. The van der Waals surface area contributed by atoms with Crippen molar-refractivity contribution in [3.05, 3.63) is 35.1 Å². The molecule has 0 aliphatic carbocycles. The highest BCUT2D eigenvalue weighted by atomic mass is 16.6. The smallest absolute Gasteiger partial charge is 0.373 e. The van der Waals surface area contributed by atoms with E-state index in [4.69, 9.17) is 14.2 Å². The molecule has 0 fully saturated rings. The fourth-order valence-electron chi connectivity index (χ4n) is 1.73. The third kappa shape index (κ3) is 4.80. The van der Waals surface area contributed by atoms with Gasteiger partial charge in [0, 0.05) is 0 Å². The number of hydrogen-bond acceptors (Lipinski definition) is 5. The lowest BCUT2D eigenvalue weighted by atomic mass is 10.1. The Balaban J connectivity index is 3.21. The van der Waals surface area contributed by atoms with Crippen LogP contribution >= 0.6 is 0 Å². The molecule has 0 spiro atoms. The van der Waals surface area contributed by atoms with Crippen molar-refractivity contribution in [2.75, 3.05) is 13.7 Å². The highest BCUT2D eigenvalue weighted by molar-refractivity contribution is 5.94. The summed E-state index contributed by atoms with van der Waals surface area (Å²) in [6, 6.07) is 4.56. The maximum atomic E-state index is 11.9. The third-order valence-electron chi connectivity index (χ3n) is 2.59. The molecule has 120 valence electrons. The molecule has 6 heteroatoms. The Hall–Kier alpha value is -2.50. The number of carbonyl (C=O) groups is 2. The van der Waals surface area contributed by atoms with Crippen molar-refractivity contribution in [2.45, 2.75) is 26.9 Å². The summed E-state index contributed by atoms with van der Waals surface area (Å²) in [7, 11) is 1.39. The number of ether oxygens (including phenoxy) is 3. The van der Waals surface area contributed by atoms with E-state index in [1.165, 1.54) is 25.3 Å². The number of rotatable bonds is 7. The molecule has 1 aromatic rings. The molecular weight excluding hydrogens is 288 g/mol. The first-order valence-corrected chi connectivity index (χ1v) is 6.85. The van der Waals surface area contributed by atoms with E-state index < -0.39 is 11.9 Å². The van der Waals surface area contributed by atoms with Gasteiger partial charge in [-0.05, 0) is 44.5 Å². The molecule has 0 saturated carbocycles. The standard InChI is InChI=1S/C16H20O6/c1-5-21-16(19)14(22-10(2)3)9-11-6-7-13(20-4)12(8-11)15(17)18/h6-10H,5H2,1-4H3,(H,17,18)/b14-9+. The van der Waals surface area contributed by atoms with Gasteiger partial charge in [0.05, 0.1) is 19.8 Å². The van der Waals surface area contributed by atoms with E-state index in [1.54, 1.807) is 26.8 Å². The van der Waals surface area contributed by atoms with Crippen LogP contribution in [0.1, 0.15) is 36.7 Å². The van der Waals surface area contributed by atoms with E-state index in [0.29, 0.717) is 5.56 Å². The molecular formula is C16H20O6. The average Bonchev–Trinajstić information content (AvgIpc) is 2.46. The predicted molar refractivity (Wildman–Crippen MR) is 80.8 cm³/mol. The molecule has 0 unspecified atom stereocenters. The van der Waals surface area contributed by atoms with Gasteiger partial charge in [-0.3, -0.25) is 0 Å². The first-order chi connectivity index (χ1) is 10.4. The highest BCUT2D eigenvalue weighted by Gasteiger charge is 2.16. The van der Waals surface area contributed by atoms with Crippen LogP contribution in [0.5, 0.6) is 5.75 Å². The molecule has 0 aliphatic heterocycles. The normalized spacial score (nSPS) is 11.2. The second kappa shape index (κ2) is 8.07. The summed E-state index contributed by atoms with van der Waals surface area (Å²) in [5.41, 5.74) is 0.505. The van der Waals surface area contributed by atoms with Crippen LogP contribution in [0.25, 0.3) is 6.08 Å². The SMILES string of the molecule is CCOC(=O)/C(=C\c1ccc(OC)c(C(=O)O)c1)OC(C)C. The maximum Gasteiger partial charge on any atom is 0.373 e. The lowest BCUT2D eigenvalue weighted by Crippen LogP contribution is -2.14. The Labute approximate surface area is 129 Å². The van der Waals surface area contributed by atoms with E-state index in [1.807, 2.05) is 0 Å². The summed E-state index contributed by atoms with van der Waals surface area (Å²) in [5.74, 6) is -1.44. The number of aromatic carboxylic acids is 1. The topological polar surface area (TPSA) is 82.1 Å². The minimum atomic E-state index is -1.12. The number of benzene rings is 1. The monoisotopic (exact) mass is 308 g/mol. The average molecular weight is 308 g/mol. The molecule has 6 nitrogen and oxygen atoms in total. The van der Waals surface area contributed by atoms with Crippen LogP contribution in [0.4, 0.5) is 0 Å². The van der Waals surface area contributed by atoms with E-state index >= 15 is 0 Å². The minimum Gasteiger partial charge on any atom is -0.496 e. The van der Waals surface area contributed by atoms with Crippen molar-refractivity contribution in [1.29, 1.82) is 0 Å². The lowest BCUT2D eigenvalue weighted by Gasteiger charge is -2.13. The van der Waals surface area contributed by atoms with Crippen molar-refractivity contribution in [2.24, 2.45) is 0 Å². The van der Waals surface area contributed by atoms with Crippen molar-refractivity contribution in [3.8, 4) is 5.75 Å². The Bertz CT molecular complexity index is 574. The molecule has 0 amide bonds. The Kier molecular flexibility index (Phi) is 6.44. The molecule has 1 aromatic carbocycles. The largest absolute Gasteiger partial charge is 0.496 e. The summed E-state index contributed by atoms with van der Waals surface area (Å²) >= 11 is 0. The first kappa shape index (κ1) is 17.6. The number of carbonyl (C=O) groups excluding carboxylic acids is 1.